The zero-order valence-electron chi connectivity index (χ0n) is 13.2. The van der Waals surface area contributed by atoms with Crippen molar-refractivity contribution in [2.45, 2.75) is 51.0 Å². The lowest BCUT2D eigenvalue weighted by Gasteiger charge is -2.33. The van der Waals surface area contributed by atoms with E-state index in [1.165, 1.54) is 19.3 Å². The second-order valence-electron chi connectivity index (χ2n) is 6.42. The van der Waals surface area contributed by atoms with Gasteiger partial charge in [-0.05, 0) is 25.7 Å². The van der Waals surface area contributed by atoms with Crippen LogP contribution in [0.15, 0.2) is 12.4 Å². The van der Waals surface area contributed by atoms with Gasteiger partial charge in [0.25, 0.3) is 0 Å². The Hall–Kier alpha value is -1.69. The number of rotatable bonds is 2. The zero-order chi connectivity index (χ0) is 15.6. The quantitative estimate of drug-likeness (QED) is 0.846. The molecule has 0 N–H and O–H groups in total. The summed E-state index contributed by atoms with van der Waals surface area (Å²) in [7, 11) is 0. The highest BCUT2D eigenvalue weighted by Gasteiger charge is 2.28. The van der Waals surface area contributed by atoms with E-state index >= 15 is 0 Å². The number of anilines is 1. The van der Waals surface area contributed by atoms with Gasteiger partial charge in [-0.25, -0.2) is 4.98 Å². The van der Waals surface area contributed by atoms with Crippen molar-refractivity contribution in [3.05, 3.63) is 29.2 Å². The van der Waals surface area contributed by atoms with Gasteiger partial charge in [0, 0.05) is 32.0 Å². The van der Waals surface area contributed by atoms with Gasteiger partial charge in [-0.1, -0.05) is 18.0 Å². The third-order valence-electron chi connectivity index (χ3n) is 4.84. The average Bonchev–Trinajstić information content (AvgIpc) is 2.84. The summed E-state index contributed by atoms with van der Waals surface area (Å²) in [6.45, 7) is 2.96. The predicted molar refractivity (Wildman–Crippen MR) is 88.8 cm³/mol. The number of aromatic nitrogens is 5. The SMILES string of the molecule is Clc1cncc(N2CCCC(c3nnc4n3CCCCC4)C2)n1. The first-order chi connectivity index (χ1) is 11.3. The topological polar surface area (TPSA) is 59.7 Å². The van der Waals surface area contributed by atoms with Gasteiger partial charge >= 0.3 is 0 Å². The van der Waals surface area contributed by atoms with Gasteiger partial charge in [0.1, 0.15) is 22.6 Å². The van der Waals surface area contributed by atoms with Crippen molar-refractivity contribution in [2.75, 3.05) is 18.0 Å². The van der Waals surface area contributed by atoms with Crippen LogP contribution in [0.25, 0.3) is 0 Å². The molecule has 4 heterocycles. The second kappa shape index (κ2) is 6.43. The van der Waals surface area contributed by atoms with Crippen LogP contribution in [0, 0.1) is 0 Å². The minimum Gasteiger partial charge on any atom is -0.355 e. The summed E-state index contributed by atoms with van der Waals surface area (Å²) in [4.78, 5) is 10.8. The van der Waals surface area contributed by atoms with Crippen molar-refractivity contribution < 1.29 is 0 Å². The number of aryl methyl sites for hydroxylation is 1. The predicted octanol–water partition coefficient (Wildman–Crippen LogP) is 2.83. The normalized spacial score (nSPS) is 21.8. The molecule has 1 fully saturated rings. The van der Waals surface area contributed by atoms with Crippen LogP contribution < -0.4 is 4.90 Å². The molecule has 122 valence electrons. The maximum absolute atomic E-state index is 5.99. The summed E-state index contributed by atoms with van der Waals surface area (Å²) >= 11 is 5.99. The van der Waals surface area contributed by atoms with Crippen molar-refractivity contribution in [3.63, 3.8) is 0 Å². The Morgan fingerprint density at radius 2 is 2.00 bits per heavy atom. The van der Waals surface area contributed by atoms with Crippen molar-refractivity contribution in [2.24, 2.45) is 0 Å². The Balaban J connectivity index is 1.57. The van der Waals surface area contributed by atoms with E-state index in [0.717, 1.165) is 56.4 Å². The smallest absolute Gasteiger partial charge is 0.149 e. The highest BCUT2D eigenvalue weighted by atomic mass is 35.5. The molecule has 23 heavy (non-hydrogen) atoms. The van der Waals surface area contributed by atoms with Gasteiger partial charge in [-0.15, -0.1) is 10.2 Å². The Kier molecular flexibility index (Phi) is 4.16. The van der Waals surface area contributed by atoms with Gasteiger partial charge in [-0.2, -0.15) is 0 Å². The average molecular weight is 333 g/mol. The summed E-state index contributed by atoms with van der Waals surface area (Å²) in [5, 5.41) is 9.43. The van der Waals surface area contributed by atoms with Gasteiger partial charge in [0.2, 0.25) is 0 Å². The van der Waals surface area contributed by atoms with Crippen LogP contribution in [-0.2, 0) is 13.0 Å². The van der Waals surface area contributed by atoms with Crippen LogP contribution in [0.2, 0.25) is 5.15 Å². The highest BCUT2D eigenvalue weighted by molar-refractivity contribution is 6.29. The Morgan fingerprint density at radius 3 is 2.91 bits per heavy atom. The molecule has 0 amide bonds. The summed E-state index contributed by atoms with van der Waals surface area (Å²) < 4.78 is 2.37. The largest absolute Gasteiger partial charge is 0.355 e. The molecule has 1 unspecified atom stereocenters. The maximum atomic E-state index is 5.99. The highest BCUT2D eigenvalue weighted by Crippen LogP contribution is 2.30. The van der Waals surface area contributed by atoms with Crippen molar-refractivity contribution in [1.82, 2.24) is 24.7 Å². The van der Waals surface area contributed by atoms with E-state index in [-0.39, 0.29) is 0 Å². The zero-order valence-corrected chi connectivity index (χ0v) is 13.9. The Morgan fingerprint density at radius 1 is 1.04 bits per heavy atom. The molecule has 2 aliphatic heterocycles. The van der Waals surface area contributed by atoms with Crippen molar-refractivity contribution >= 4 is 17.4 Å². The Labute approximate surface area is 140 Å². The minimum absolute atomic E-state index is 0.406. The molecule has 0 saturated carbocycles. The van der Waals surface area contributed by atoms with Crippen LogP contribution >= 0.6 is 11.6 Å². The molecule has 0 spiro atoms. The molecule has 2 aromatic heterocycles. The van der Waals surface area contributed by atoms with Gasteiger partial charge in [0.05, 0.1) is 12.4 Å². The number of halogens is 1. The van der Waals surface area contributed by atoms with E-state index in [9.17, 15) is 0 Å². The molecule has 1 atom stereocenters. The molecule has 2 aliphatic rings. The Bertz CT molecular complexity index is 685. The van der Waals surface area contributed by atoms with E-state index in [1.54, 1.807) is 12.4 Å². The monoisotopic (exact) mass is 332 g/mol. The first-order valence-electron chi connectivity index (χ1n) is 8.46. The minimum atomic E-state index is 0.406. The molecule has 2 aromatic rings. The van der Waals surface area contributed by atoms with E-state index in [1.807, 2.05) is 0 Å². The molecule has 1 saturated heterocycles. The second-order valence-corrected chi connectivity index (χ2v) is 6.81. The number of hydrogen-bond donors (Lipinski definition) is 0. The molecule has 0 bridgehead atoms. The lowest BCUT2D eigenvalue weighted by molar-refractivity contribution is 0.463. The molecule has 6 nitrogen and oxygen atoms in total. The van der Waals surface area contributed by atoms with E-state index < -0.39 is 0 Å². The summed E-state index contributed by atoms with van der Waals surface area (Å²) in [6.07, 6.45) is 10.5. The number of hydrogen-bond acceptors (Lipinski definition) is 5. The third kappa shape index (κ3) is 3.04. The molecule has 0 radical (unpaired) electrons. The first kappa shape index (κ1) is 14.9. The number of piperidine rings is 1. The fourth-order valence-corrected chi connectivity index (χ4v) is 3.83. The van der Waals surface area contributed by atoms with Gasteiger partial charge in [-0.3, -0.25) is 4.98 Å². The lowest BCUT2D eigenvalue weighted by atomic mass is 9.97. The fourth-order valence-electron chi connectivity index (χ4n) is 3.69. The number of nitrogens with zero attached hydrogens (tertiary/aromatic N) is 6. The van der Waals surface area contributed by atoms with Crippen LogP contribution in [0.5, 0.6) is 0 Å². The van der Waals surface area contributed by atoms with Crippen LogP contribution in [0.1, 0.15) is 49.7 Å². The van der Waals surface area contributed by atoms with Crippen LogP contribution in [0.4, 0.5) is 5.82 Å². The lowest BCUT2D eigenvalue weighted by Crippen LogP contribution is -2.36. The summed E-state index contributed by atoms with van der Waals surface area (Å²) in [5.74, 6) is 3.58. The summed E-state index contributed by atoms with van der Waals surface area (Å²) in [6, 6.07) is 0. The van der Waals surface area contributed by atoms with Gasteiger partial charge < -0.3 is 9.47 Å². The first-order valence-corrected chi connectivity index (χ1v) is 8.83. The molecular weight excluding hydrogens is 312 g/mol. The van der Waals surface area contributed by atoms with Crippen LogP contribution in [-0.4, -0.2) is 37.8 Å². The van der Waals surface area contributed by atoms with E-state index in [4.69, 9.17) is 11.6 Å². The fraction of sp³-hybridized carbons (Fsp3) is 0.625. The standard InChI is InChI=1S/C16H21ClN6/c17-13-9-18-10-15(19-13)22-7-4-5-12(11-22)16-21-20-14-6-2-1-3-8-23(14)16/h9-10,12H,1-8,11H2. The summed E-state index contributed by atoms with van der Waals surface area (Å²) in [5.41, 5.74) is 0. The van der Waals surface area contributed by atoms with Crippen molar-refractivity contribution in [1.29, 1.82) is 0 Å². The molecule has 0 aliphatic carbocycles. The molecule has 0 aromatic carbocycles. The van der Waals surface area contributed by atoms with E-state index in [2.05, 4.69) is 29.6 Å². The van der Waals surface area contributed by atoms with Crippen molar-refractivity contribution in [3.8, 4) is 0 Å². The van der Waals surface area contributed by atoms with E-state index in [0.29, 0.717) is 11.1 Å². The maximum Gasteiger partial charge on any atom is 0.149 e. The van der Waals surface area contributed by atoms with Crippen LogP contribution in [0.3, 0.4) is 0 Å². The molecule has 4 rings (SSSR count). The van der Waals surface area contributed by atoms with Gasteiger partial charge in [0.15, 0.2) is 0 Å². The third-order valence-corrected chi connectivity index (χ3v) is 5.02. The molecular formula is C16H21ClN6. The molecule has 7 heteroatoms. The number of fused-ring (bicyclic) bond motifs is 1.